The largest absolute Gasteiger partial charge is 0.417 e. The number of aromatic nitrogens is 1. The number of fused-ring (bicyclic) bond motifs is 2. The number of likely N-dealkylation sites (tertiary alicyclic amines) is 1. The van der Waals surface area contributed by atoms with E-state index in [9.17, 15) is 22.8 Å². The van der Waals surface area contributed by atoms with E-state index in [4.69, 9.17) is 9.47 Å². The van der Waals surface area contributed by atoms with Crippen LogP contribution in [0.15, 0.2) is 24.4 Å². The minimum atomic E-state index is -4.49. The molecule has 5 atom stereocenters. The minimum Gasteiger partial charge on any atom is -0.379 e. The number of carbonyl (C=O) groups is 2. The van der Waals surface area contributed by atoms with Crippen LogP contribution in [0.25, 0.3) is 0 Å². The van der Waals surface area contributed by atoms with Gasteiger partial charge in [-0.2, -0.15) is 13.2 Å². The van der Waals surface area contributed by atoms with Crippen LogP contribution >= 0.6 is 0 Å². The topological polar surface area (TPSA) is 72.0 Å². The summed E-state index contributed by atoms with van der Waals surface area (Å²) >= 11 is 0. The molecule has 2 unspecified atom stereocenters. The zero-order chi connectivity index (χ0) is 29.6. The molecule has 3 fully saturated rings. The monoisotopic (exact) mass is 577 g/mol. The van der Waals surface area contributed by atoms with Gasteiger partial charge in [-0.05, 0) is 66.6 Å². The van der Waals surface area contributed by atoms with Gasteiger partial charge in [0, 0.05) is 58.2 Å². The summed E-state index contributed by atoms with van der Waals surface area (Å²) in [5.41, 5.74) is -0.617. The Balaban J connectivity index is 1.38. The highest BCUT2D eigenvalue weighted by Gasteiger charge is 2.59. The van der Waals surface area contributed by atoms with E-state index in [-0.39, 0.29) is 35.8 Å². The van der Waals surface area contributed by atoms with Crippen molar-refractivity contribution in [1.82, 2.24) is 14.8 Å². The number of allylic oxidation sites excluding steroid dienone is 1. The molecule has 0 N–H and O–H groups in total. The smallest absolute Gasteiger partial charge is 0.379 e. The Morgan fingerprint density at radius 2 is 2.02 bits per heavy atom. The van der Waals surface area contributed by atoms with E-state index >= 15 is 0 Å². The number of amides is 2. The quantitative estimate of drug-likeness (QED) is 0.467. The molecule has 5 rings (SSSR count). The Kier molecular flexibility index (Phi) is 8.29. The van der Waals surface area contributed by atoms with Gasteiger partial charge in [0.05, 0.1) is 23.7 Å². The lowest BCUT2D eigenvalue weighted by atomic mass is 9.78. The summed E-state index contributed by atoms with van der Waals surface area (Å²) in [5, 5.41) is 0. The maximum absolute atomic E-state index is 14.4. The molecule has 10 heteroatoms. The molecule has 0 bridgehead atoms. The van der Waals surface area contributed by atoms with Gasteiger partial charge in [-0.3, -0.25) is 14.6 Å². The van der Waals surface area contributed by atoms with E-state index in [1.165, 1.54) is 0 Å². The highest BCUT2D eigenvalue weighted by atomic mass is 19.4. The summed E-state index contributed by atoms with van der Waals surface area (Å²) in [6.07, 6.45) is 3.70. The molecular formula is C31H42F3N3O4. The maximum atomic E-state index is 14.4. The Morgan fingerprint density at radius 3 is 2.73 bits per heavy atom. The zero-order valence-corrected chi connectivity index (χ0v) is 24.5. The fourth-order valence-corrected chi connectivity index (χ4v) is 7.39. The first-order chi connectivity index (χ1) is 19.3. The van der Waals surface area contributed by atoms with Crippen LogP contribution in [0.2, 0.25) is 0 Å². The van der Waals surface area contributed by atoms with Crippen LogP contribution in [0.4, 0.5) is 13.2 Å². The highest BCUT2D eigenvalue weighted by Crippen LogP contribution is 2.54. The van der Waals surface area contributed by atoms with Gasteiger partial charge >= 0.3 is 6.18 Å². The normalized spacial score (nSPS) is 30.5. The molecule has 2 amide bonds. The SMILES string of the molecule is COC1COCCC1C[C@@H]1C[C@H]2CN(C(=O)/C=C/C(C)(C)C)C[C@@]2(C(=O)N2CCc3ncc(C(F)(F)F)cc3C2)C1. The van der Waals surface area contributed by atoms with Gasteiger partial charge in [-0.25, -0.2) is 0 Å². The fraction of sp³-hybridized carbons (Fsp3) is 0.710. The van der Waals surface area contributed by atoms with Crippen molar-refractivity contribution in [3.63, 3.8) is 0 Å². The fourth-order valence-electron chi connectivity index (χ4n) is 7.39. The molecule has 1 aromatic heterocycles. The number of hydrogen-bond acceptors (Lipinski definition) is 5. The number of ether oxygens (including phenoxy) is 2. The molecule has 4 aliphatic rings. The summed E-state index contributed by atoms with van der Waals surface area (Å²) in [7, 11) is 1.71. The number of hydrogen-bond donors (Lipinski definition) is 0. The molecule has 4 heterocycles. The van der Waals surface area contributed by atoms with Crippen molar-refractivity contribution < 1.29 is 32.2 Å². The summed E-state index contributed by atoms with van der Waals surface area (Å²) < 4.78 is 51.5. The maximum Gasteiger partial charge on any atom is 0.417 e. The van der Waals surface area contributed by atoms with E-state index in [2.05, 4.69) is 4.98 Å². The molecule has 0 aromatic carbocycles. The number of pyridine rings is 1. The third kappa shape index (κ3) is 6.33. The molecule has 1 aromatic rings. The molecule has 41 heavy (non-hydrogen) atoms. The van der Waals surface area contributed by atoms with Crippen molar-refractivity contribution in [3.05, 3.63) is 41.2 Å². The van der Waals surface area contributed by atoms with Crippen LogP contribution in [0.5, 0.6) is 0 Å². The van der Waals surface area contributed by atoms with Crippen LogP contribution < -0.4 is 0 Å². The highest BCUT2D eigenvalue weighted by molar-refractivity contribution is 5.90. The van der Waals surface area contributed by atoms with Crippen LogP contribution in [0.1, 0.15) is 63.3 Å². The zero-order valence-electron chi connectivity index (χ0n) is 24.5. The van der Waals surface area contributed by atoms with Crippen molar-refractivity contribution in [2.45, 2.75) is 71.7 Å². The number of halogens is 3. The lowest BCUT2D eigenvalue weighted by Gasteiger charge is -2.37. The third-order valence-corrected chi connectivity index (χ3v) is 9.46. The second kappa shape index (κ2) is 11.3. The lowest BCUT2D eigenvalue weighted by Crippen LogP contribution is -2.49. The summed E-state index contributed by atoms with van der Waals surface area (Å²) in [6.45, 7) is 8.74. The lowest BCUT2D eigenvalue weighted by molar-refractivity contribution is -0.144. The summed E-state index contributed by atoms with van der Waals surface area (Å²) in [6, 6.07) is 1.13. The molecule has 3 aliphatic heterocycles. The Labute approximate surface area is 240 Å². The van der Waals surface area contributed by atoms with Crippen LogP contribution in [-0.2, 0) is 38.2 Å². The molecule has 1 saturated carbocycles. The first-order valence-corrected chi connectivity index (χ1v) is 14.7. The van der Waals surface area contributed by atoms with Crippen LogP contribution in [0.3, 0.4) is 0 Å². The van der Waals surface area contributed by atoms with Crippen molar-refractivity contribution in [2.24, 2.45) is 28.6 Å². The van der Waals surface area contributed by atoms with Gasteiger partial charge < -0.3 is 19.3 Å². The molecule has 7 nitrogen and oxygen atoms in total. The Morgan fingerprint density at radius 1 is 1.24 bits per heavy atom. The number of carbonyl (C=O) groups excluding carboxylic acids is 2. The molecule has 0 radical (unpaired) electrons. The second-order valence-corrected chi connectivity index (χ2v) is 13.5. The summed E-state index contributed by atoms with van der Waals surface area (Å²) in [4.78, 5) is 35.2. The van der Waals surface area contributed by atoms with E-state index < -0.39 is 17.2 Å². The standard InChI is InChI=1S/C31H42F3N3O4/c1-29(2,3)8-5-27(38)37-17-24-12-20(11-21-7-10-41-18-26(21)40-4)14-30(24,19-37)28(39)36-9-6-25-22(16-36)13-23(15-35-25)31(32,33)34/h5,8,13,15,20-21,24,26H,6-7,9-12,14,16-19H2,1-4H3/b8-5+/t20-,21?,24+,26?,30+/m1/s1. The predicted octanol–water partition coefficient (Wildman–Crippen LogP) is 4.88. The van der Waals surface area contributed by atoms with E-state index in [0.717, 1.165) is 31.5 Å². The van der Waals surface area contributed by atoms with Crippen LogP contribution in [-0.4, -0.2) is 72.7 Å². The van der Waals surface area contributed by atoms with Crippen molar-refractivity contribution in [1.29, 1.82) is 0 Å². The van der Waals surface area contributed by atoms with E-state index in [1.54, 1.807) is 23.0 Å². The number of methoxy groups -OCH3 is 1. The van der Waals surface area contributed by atoms with Crippen molar-refractivity contribution >= 4 is 11.8 Å². The average molecular weight is 578 g/mol. The molecule has 0 spiro atoms. The number of alkyl halides is 3. The van der Waals surface area contributed by atoms with Gasteiger partial charge in [0.25, 0.3) is 0 Å². The Bertz CT molecular complexity index is 1180. The van der Waals surface area contributed by atoms with E-state index in [0.29, 0.717) is 68.8 Å². The van der Waals surface area contributed by atoms with Gasteiger partial charge in [-0.15, -0.1) is 0 Å². The van der Waals surface area contributed by atoms with Crippen molar-refractivity contribution in [2.75, 3.05) is 40.0 Å². The van der Waals surface area contributed by atoms with Gasteiger partial charge in [0.1, 0.15) is 0 Å². The van der Waals surface area contributed by atoms with Gasteiger partial charge in [-0.1, -0.05) is 26.8 Å². The van der Waals surface area contributed by atoms with Gasteiger partial charge in [0.15, 0.2) is 0 Å². The number of rotatable bonds is 5. The molecule has 2 saturated heterocycles. The number of nitrogens with zero attached hydrogens (tertiary/aromatic N) is 3. The molecule has 1 aliphatic carbocycles. The minimum absolute atomic E-state index is 0.00820. The van der Waals surface area contributed by atoms with Gasteiger partial charge in [0.2, 0.25) is 11.8 Å². The molecule has 226 valence electrons. The molecular weight excluding hydrogens is 535 g/mol. The Hall–Kier alpha value is -2.46. The first kappa shape index (κ1) is 30.0. The van der Waals surface area contributed by atoms with E-state index in [1.807, 2.05) is 26.8 Å². The third-order valence-electron chi connectivity index (χ3n) is 9.46. The van der Waals surface area contributed by atoms with Crippen molar-refractivity contribution in [3.8, 4) is 0 Å². The predicted molar refractivity (Wildman–Crippen MR) is 147 cm³/mol. The average Bonchev–Trinajstić information content (AvgIpc) is 3.45. The first-order valence-electron chi connectivity index (χ1n) is 14.7. The second-order valence-electron chi connectivity index (χ2n) is 13.5. The summed E-state index contributed by atoms with van der Waals surface area (Å²) in [5.74, 6) is 0.533. The van der Waals surface area contributed by atoms with Crippen LogP contribution in [0, 0.1) is 28.6 Å².